The fourth-order valence-corrected chi connectivity index (χ4v) is 2.54. The van der Waals surface area contributed by atoms with Gasteiger partial charge >= 0.3 is 0 Å². The summed E-state index contributed by atoms with van der Waals surface area (Å²) in [5, 5.41) is 20.3. The first-order chi connectivity index (χ1) is 8.50. The molecule has 1 aliphatic carbocycles. The maximum absolute atomic E-state index is 13.4. The lowest BCUT2D eigenvalue weighted by molar-refractivity contribution is -0.385. The average molecular weight is 291 g/mol. The summed E-state index contributed by atoms with van der Waals surface area (Å²) in [6.45, 7) is 0. The van der Waals surface area contributed by atoms with E-state index in [-0.39, 0.29) is 29.6 Å². The highest BCUT2D eigenvalue weighted by Gasteiger charge is 2.28. The van der Waals surface area contributed by atoms with Crippen molar-refractivity contribution in [2.24, 2.45) is 11.7 Å². The number of hydrogen-bond donors (Lipinski definition) is 2. The molecule has 0 radical (unpaired) electrons. The van der Waals surface area contributed by atoms with Gasteiger partial charge in [0.15, 0.2) is 11.6 Å². The van der Waals surface area contributed by atoms with Gasteiger partial charge < -0.3 is 10.8 Å². The normalized spacial score (nSPS) is 16.9. The molecular weight excluding hydrogens is 275 g/mol. The molecule has 0 spiro atoms. The van der Waals surface area contributed by atoms with Crippen LogP contribution in [0.3, 0.4) is 0 Å². The third kappa shape index (κ3) is 3.13. The van der Waals surface area contributed by atoms with E-state index in [0.29, 0.717) is 6.07 Å². The fourth-order valence-electron chi connectivity index (χ4n) is 2.54. The number of nitro groups is 1. The zero-order chi connectivity index (χ0) is 13.3. The maximum atomic E-state index is 13.4. The van der Waals surface area contributed by atoms with Gasteiger partial charge in [0.05, 0.1) is 11.0 Å². The summed E-state index contributed by atoms with van der Waals surface area (Å²) >= 11 is 0. The van der Waals surface area contributed by atoms with E-state index >= 15 is 0 Å². The molecule has 19 heavy (non-hydrogen) atoms. The summed E-state index contributed by atoms with van der Waals surface area (Å²) in [6.07, 6.45) is 3.92. The lowest BCUT2D eigenvalue weighted by Crippen LogP contribution is -2.19. The van der Waals surface area contributed by atoms with Crippen molar-refractivity contribution in [2.75, 3.05) is 0 Å². The van der Waals surface area contributed by atoms with Gasteiger partial charge in [-0.15, -0.1) is 12.4 Å². The largest absolute Gasteiger partial charge is 0.505 e. The first-order valence-corrected chi connectivity index (χ1v) is 5.93. The Bertz CT molecular complexity index is 478. The molecule has 0 saturated heterocycles. The van der Waals surface area contributed by atoms with Gasteiger partial charge in [-0.3, -0.25) is 10.1 Å². The van der Waals surface area contributed by atoms with Gasteiger partial charge in [-0.1, -0.05) is 12.8 Å². The van der Waals surface area contributed by atoms with Gasteiger partial charge in [-0.2, -0.15) is 0 Å². The summed E-state index contributed by atoms with van der Waals surface area (Å²) in [7, 11) is 0. The Morgan fingerprint density at radius 1 is 1.42 bits per heavy atom. The molecule has 1 aromatic carbocycles. The number of aromatic hydroxyl groups is 1. The van der Waals surface area contributed by atoms with Crippen molar-refractivity contribution in [2.45, 2.75) is 31.7 Å². The highest BCUT2D eigenvalue weighted by Crippen LogP contribution is 2.39. The predicted octanol–water partition coefficient (Wildman–Crippen LogP) is 3.05. The molecule has 0 bridgehead atoms. The Morgan fingerprint density at radius 3 is 2.53 bits per heavy atom. The monoisotopic (exact) mass is 290 g/mol. The van der Waals surface area contributed by atoms with E-state index in [9.17, 15) is 19.6 Å². The molecule has 1 aliphatic rings. The van der Waals surface area contributed by atoms with Crippen LogP contribution >= 0.6 is 12.4 Å². The molecule has 0 amide bonds. The number of nitrogens with zero attached hydrogens (tertiary/aromatic N) is 1. The van der Waals surface area contributed by atoms with Crippen molar-refractivity contribution in [3.63, 3.8) is 0 Å². The van der Waals surface area contributed by atoms with Gasteiger partial charge in [-0.05, 0) is 18.8 Å². The van der Waals surface area contributed by atoms with Crippen LogP contribution in [0.1, 0.15) is 37.3 Å². The first-order valence-electron chi connectivity index (χ1n) is 5.93. The van der Waals surface area contributed by atoms with E-state index in [1.165, 1.54) is 6.07 Å². The Balaban J connectivity index is 0.00000180. The van der Waals surface area contributed by atoms with E-state index < -0.39 is 22.5 Å². The SMILES string of the molecule is Cl.N[C@H](c1cc([N+](=O)[O-])cc(F)c1O)C1CCCC1. The maximum Gasteiger partial charge on any atom is 0.272 e. The van der Waals surface area contributed by atoms with Gasteiger partial charge in [0.25, 0.3) is 5.69 Å². The number of phenols is 1. The molecule has 5 nitrogen and oxygen atoms in total. The average Bonchev–Trinajstić information content (AvgIpc) is 2.85. The van der Waals surface area contributed by atoms with Crippen molar-refractivity contribution in [3.05, 3.63) is 33.6 Å². The van der Waals surface area contributed by atoms with Gasteiger partial charge in [-0.25, -0.2) is 4.39 Å². The highest BCUT2D eigenvalue weighted by molar-refractivity contribution is 5.85. The molecule has 1 saturated carbocycles. The Kier molecular flexibility index (Phi) is 5.08. The van der Waals surface area contributed by atoms with Crippen LogP contribution in [0.15, 0.2) is 12.1 Å². The molecule has 0 aromatic heterocycles. The molecule has 0 aliphatic heterocycles. The highest BCUT2D eigenvalue weighted by atomic mass is 35.5. The second kappa shape index (κ2) is 6.16. The van der Waals surface area contributed by atoms with Crippen LogP contribution in [0.25, 0.3) is 0 Å². The van der Waals surface area contributed by atoms with E-state index in [0.717, 1.165) is 25.7 Å². The van der Waals surface area contributed by atoms with Crippen molar-refractivity contribution in [3.8, 4) is 5.75 Å². The zero-order valence-electron chi connectivity index (χ0n) is 10.2. The number of nitro benzene ring substituents is 1. The van der Waals surface area contributed by atoms with Gasteiger partial charge in [0.2, 0.25) is 0 Å². The van der Waals surface area contributed by atoms with Crippen LogP contribution in [0.2, 0.25) is 0 Å². The van der Waals surface area contributed by atoms with Crippen LogP contribution in [-0.2, 0) is 0 Å². The quantitative estimate of drug-likeness (QED) is 0.661. The fraction of sp³-hybridized carbons (Fsp3) is 0.500. The summed E-state index contributed by atoms with van der Waals surface area (Å²) in [4.78, 5) is 9.99. The minimum Gasteiger partial charge on any atom is -0.505 e. The smallest absolute Gasteiger partial charge is 0.272 e. The molecular formula is C12H16ClFN2O3. The number of rotatable bonds is 3. The molecule has 1 aromatic rings. The Morgan fingerprint density at radius 2 is 2.00 bits per heavy atom. The van der Waals surface area contributed by atoms with Crippen LogP contribution in [-0.4, -0.2) is 10.0 Å². The van der Waals surface area contributed by atoms with Crippen LogP contribution < -0.4 is 5.73 Å². The standard InChI is InChI=1S/C12H15FN2O3.ClH/c13-10-6-8(15(17)18)5-9(12(10)16)11(14)7-3-1-2-4-7;/h5-7,11,16H,1-4,14H2;1H/t11-;/m0./s1. The molecule has 106 valence electrons. The molecule has 3 N–H and O–H groups in total. The lowest BCUT2D eigenvalue weighted by Gasteiger charge is -2.20. The van der Waals surface area contributed by atoms with E-state index in [1.54, 1.807) is 0 Å². The molecule has 2 rings (SSSR count). The lowest BCUT2D eigenvalue weighted by atomic mass is 9.91. The van der Waals surface area contributed by atoms with Gasteiger partial charge in [0.1, 0.15) is 0 Å². The number of halogens is 2. The second-order valence-corrected chi connectivity index (χ2v) is 4.69. The van der Waals surface area contributed by atoms with Crippen LogP contribution in [0.4, 0.5) is 10.1 Å². The van der Waals surface area contributed by atoms with Crippen molar-refractivity contribution >= 4 is 18.1 Å². The van der Waals surface area contributed by atoms with E-state index in [2.05, 4.69) is 0 Å². The number of hydrogen-bond acceptors (Lipinski definition) is 4. The van der Waals surface area contributed by atoms with Gasteiger partial charge in [0, 0.05) is 17.7 Å². The minimum atomic E-state index is -0.993. The first kappa shape index (κ1) is 15.7. The van der Waals surface area contributed by atoms with Crippen molar-refractivity contribution in [1.82, 2.24) is 0 Å². The molecule has 1 atom stereocenters. The van der Waals surface area contributed by atoms with Crippen LogP contribution in [0, 0.1) is 21.8 Å². The van der Waals surface area contributed by atoms with Crippen LogP contribution in [0.5, 0.6) is 5.75 Å². The predicted molar refractivity (Wildman–Crippen MR) is 70.9 cm³/mol. The molecule has 0 heterocycles. The Hall–Kier alpha value is -1.40. The third-order valence-electron chi connectivity index (χ3n) is 3.56. The number of non-ortho nitro benzene ring substituents is 1. The van der Waals surface area contributed by atoms with Crippen molar-refractivity contribution in [1.29, 1.82) is 0 Å². The zero-order valence-corrected chi connectivity index (χ0v) is 11.0. The Labute approximate surface area is 116 Å². The number of benzene rings is 1. The summed E-state index contributed by atoms with van der Waals surface area (Å²) in [5.41, 5.74) is 5.74. The third-order valence-corrected chi connectivity index (χ3v) is 3.56. The second-order valence-electron chi connectivity index (χ2n) is 4.69. The summed E-state index contributed by atoms with van der Waals surface area (Å²) < 4.78 is 13.4. The van der Waals surface area contributed by atoms with E-state index in [1.807, 2.05) is 0 Å². The van der Waals surface area contributed by atoms with Crippen molar-refractivity contribution < 1.29 is 14.4 Å². The number of phenolic OH excluding ortho intramolecular Hbond substituents is 1. The number of nitrogens with two attached hydrogens (primary N) is 1. The minimum absolute atomic E-state index is 0. The topological polar surface area (TPSA) is 89.4 Å². The van der Waals surface area contributed by atoms with E-state index in [4.69, 9.17) is 5.73 Å². The summed E-state index contributed by atoms with van der Waals surface area (Å²) in [5.74, 6) is -1.41. The molecule has 7 heteroatoms. The molecule has 0 unspecified atom stereocenters. The molecule has 1 fully saturated rings. The summed E-state index contributed by atoms with van der Waals surface area (Å²) in [6, 6.07) is 1.32.